The van der Waals surface area contributed by atoms with Gasteiger partial charge >= 0.3 is 0 Å². The molecule has 3 aromatic rings. The van der Waals surface area contributed by atoms with E-state index in [1.807, 2.05) is 0 Å². The van der Waals surface area contributed by atoms with Crippen molar-refractivity contribution in [2.24, 2.45) is 0 Å². The Morgan fingerprint density at radius 2 is 2.27 bits per heavy atom. The Hall–Kier alpha value is -1.85. The zero-order valence-electron chi connectivity index (χ0n) is 12.8. The molecule has 0 spiro atoms. The predicted molar refractivity (Wildman–Crippen MR) is 83.1 cm³/mol. The second-order valence-electron chi connectivity index (χ2n) is 5.56. The fraction of sp³-hybridized carbons (Fsp3) is 0.312. The average molecular weight is 321 g/mol. The van der Waals surface area contributed by atoms with Gasteiger partial charge in [-0.25, -0.2) is 4.39 Å². The molecule has 4 rings (SSSR count). The lowest BCUT2D eigenvalue weighted by Gasteiger charge is -2.08. The Morgan fingerprint density at radius 3 is 3.00 bits per heavy atom. The van der Waals surface area contributed by atoms with Crippen LogP contribution in [0.5, 0.6) is 0 Å². The normalized spacial score (nSPS) is 15.5. The van der Waals surface area contributed by atoms with Crippen LogP contribution in [-0.4, -0.2) is 26.1 Å². The van der Waals surface area contributed by atoms with Crippen LogP contribution in [0.3, 0.4) is 0 Å². The molecule has 1 N–H and O–H groups in total. The fourth-order valence-corrected chi connectivity index (χ4v) is 2.93. The molecular weight excluding hydrogens is 305 g/mol. The summed E-state index contributed by atoms with van der Waals surface area (Å²) in [5, 5.41) is 13.8. The Bertz CT molecular complexity index is 900. The van der Waals surface area contributed by atoms with E-state index in [9.17, 15) is 4.39 Å². The van der Waals surface area contributed by atoms with Gasteiger partial charge in [0.2, 0.25) is 0 Å². The predicted octanol–water partition coefficient (Wildman–Crippen LogP) is 3.49. The molecule has 0 atom stereocenters. The number of nitrogens with zero attached hydrogens (tertiary/aromatic N) is 3. The molecule has 0 radical (unpaired) electrons. The molecule has 6 heteroatoms. The second kappa shape index (κ2) is 5.11. The number of hydrogen-bond donors (Lipinski definition) is 1. The van der Waals surface area contributed by atoms with E-state index < -0.39 is 5.82 Å². The summed E-state index contributed by atoms with van der Waals surface area (Å²) in [5.74, 6) is -0.242. The molecule has 0 bridgehead atoms. The van der Waals surface area contributed by atoms with Crippen LogP contribution in [0.2, 0.25) is 5.02 Å². The number of hydrogen-bond acceptors (Lipinski definition) is 2. The first kappa shape index (κ1) is 12.7. The summed E-state index contributed by atoms with van der Waals surface area (Å²) >= 11 is 5.96. The average Bonchev–Trinajstić information content (AvgIpc) is 3.19. The maximum Gasteiger partial charge on any atom is 0.166 e. The van der Waals surface area contributed by atoms with E-state index in [1.54, 1.807) is 27.7 Å². The molecule has 1 aliphatic rings. The number of rotatable bonds is 4. The Morgan fingerprint density at radius 1 is 1.45 bits per heavy atom. The van der Waals surface area contributed by atoms with E-state index >= 15 is 0 Å². The zero-order valence-corrected chi connectivity index (χ0v) is 12.5. The van der Waals surface area contributed by atoms with Crippen molar-refractivity contribution in [2.45, 2.75) is 25.3 Å². The SMILES string of the molecule is [2H]c1c(C2CC2)n(-c2cnn(CCO)c2)c2c(F)c(Cl)ccc12. The molecule has 1 fully saturated rings. The Kier molecular flexibility index (Phi) is 2.94. The Balaban J connectivity index is 2.02. The van der Waals surface area contributed by atoms with Crippen LogP contribution in [0.15, 0.2) is 30.6 Å². The highest BCUT2D eigenvalue weighted by Crippen LogP contribution is 2.44. The first-order valence-corrected chi connectivity index (χ1v) is 7.62. The minimum Gasteiger partial charge on any atom is -0.394 e. The minimum atomic E-state index is -0.514. The molecule has 0 amide bonds. The monoisotopic (exact) mass is 320 g/mol. The van der Waals surface area contributed by atoms with Crippen molar-refractivity contribution < 1.29 is 10.9 Å². The van der Waals surface area contributed by atoms with E-state index in [-0.39, 0.29) is 17.5 Å². The summed E-state index contributed by atoms with van der Waals surface area (Å²) in [6.45, 7) is 0.349. The van der Waals surface area contributed by atoms with E-state index in [4.69, 9.17) is 18.1 Å². The molecule has 0 saturated heterocycles. The van der Waals surface area contributed by atoms with Gasteiger partial charge in [0.15, 0.2) is 5.82 Å². The second-order valence-corrected chi connectivity index (χ2v) is 5.97. The molecule has 0 unspecified atom stereocenters. The van der Waals surface area contributed by atoms with Crippen LogP contribution < -0.4 is 0 Å². The number of halogens is 2. The van der Waals surface area contributed by atoms with E-state index in [2.05, 4.69) is 5.10 Å². The van der Waals surface area contributed by atoms with Crippen molar-refractivity contribution in [3.63, 3.8) is 0 Å². The summed E-state index contributed by atoms with van der Waals surface area (Å²) in [6.07, 6.45) is 5.38. The van der Waals surface area contributed by atoms with E-state index in [1.165, 1.54) is 6.07 Å². The van der Waals surface area contributed by atoms with Crippen molar-refractivity contribution in [3.05, 3.63) is 47.1 Å². The van der Waals surface area contributed by atoms with Gasteiger partial charge in [-0.2, -0.15) is 5.10 Å². The molecular formula is C16H15ClFN3O. The number of benzene rings is 1. The van der Waals surface area contributed by atoms with Gasteiger partial charge in [0.1, 0.15) is 0 Å². The van der Waals surface area contributed by atoms with Crippen LogP contribution in [0.1, 0.15) is 25.8 Å². The standard InChI is InChI=1S/C16H15ClFN3O/c17-13-4-3-11-7-14(10-1-2-10)21(16(11)15(13)18)12-8-19-20(9-12)5-6-22/h3-4,7-10,22H,1-2,5-6H2/i7D. The third-order valence-corrected chi connectivity index (χ3v) is 4.26. The van der Waals surface area contributed by atoms with Gasteiger partial charge in [0.25, 0.3) is 0 Å². The third kappa shape index (κ3) is 2.12. The summed E-state index contributed by atoms with van der Waals surface area (Å²) in [4.78, 5) is 0. The highest BCUT2D eigenvalue weighted by atomic mass is 35.5. The highest BCUT2D eigenvalue weighted by Gasteiger charge is 2.29. The van der Waals surface area contributed by atoms with Gasteiger partial charge in [-0.1, -0.05) is 17.7 Å². The van der Waals surface area contributed by atoms with Crippen LogP contribution in [0.4, 0.5) is 4.39 Å². The van der Waals surface area contributed by atoms with Crippen LogP contribution >= 0.6 is 11.6 Å². The quantitative estimate of drug-likeness (QED) is 0.799. The van der Waals surface area contributed by atoms with Gasteiger partial charge in [-0.05, 0) is 30.9 Å². The number of aliphatic hydroxyl groups is 1. The molecule has 1 aliphatic carbocycles. The van der Waals surface area contributed by atoms with Crippen molar-refractivity contribution in [3.8, 4) is 5.69 Å². The zero-order chi connectivity index (χ0) is 16.1. The number of fused-ring (bicyclic) bond motifs is 1. The molecule has 2 aromatic heterocycles. The van der Waals surface area contributed by atoms with Crippen LogP contribution in [-0.2, 0) is 6.54 Å². The summed E-state index contributed by atoms with van der Waals surface area (Å²) in [5.41, 5.74) is 1.82. The molecule has 1 aromatic carbocycles. The smallest absolute Gasteiger partial charge is 0.166 e. The first-order chi connectivity index (χ1) is 11.1. The largest absolute Gasteiger partial charge is 0.394 e. The maximum absolute atomic E-state index is 14.7. The van der Waals surface area contributed by atoms with Crippen molar-refractivity contribution >= 4 is 22.5 Å². The Labute approximate surface area is 133 Å². The van der Waals surface area contributed by atoms with Gasteiger partial charge < -0.3 is 9.67 Å². The van der Waals surface area contributed by atoms with Gasteiger partial charge in [0.05, 0.1) is 36.9 Å². The highest BCUT2D eigenvalue weighted by molar-refractivity contribution is 6.31. The lowest BCUT2D eigenvalue weighted by molar-refractivity contribution is 0.269. The van der Waals surface area contributed by atoms with Gasteiger partial charge in [-0.3, -0.25) is 4.68 Å². The minimum absolute atomic E-state index is 0.0209. The molecule has 22 heavy (non-hydrogen) atoms. The van der Waals surface area contributed by atoms with Crippen LogP contribution in [0, 0.1) is 5.82 Å². The van der Waals surface area contributed by atoms with Gasteiger partial charge in [-0.15, -0.1) is 0 Å². The molecule has 114 valence electrons. The van der Waals surface area contributed by atoms with Crippen LogP contribution in [0.25, 0.3) is 16.6 Å². The lowest BCUT2D eigenvalue weighted by atomic mass is 10.2. The van der Waals surface area contributed by atoms with E-state index in [0.29, 0.717) is 29.2 Å². The third-order valence-electron chi connectivity index (χ3n) is 3.97. The molecule has 2 heterocycles. The summed E-state index contributed by atoms with van der Waals surface area (Å²) in [7, 11) is 0. The fourth-order valence-electron chi connectivity index (χ4n) is 2.78. The van der Waals surface area contributed by atoms with Crippen molar-refractivity contribution in [2.75, 3.05) is 6.61 Å². The summed E-state index contributed by atoms with van der Waals surface area (Å²) < 4.78 is 26.5. The number of aromatic nitrogens is 3. The van der Waals surface area contributed by atoms with E-state index in [0.717, 1.165) is 18.5 Å². The van der Waals surface area contributed by atoms with Crippen molar-refractivity contribution in [1.82, 2.24) is 14.3 Å². The molecule has 1 saturated carbocycles. The van der Waals surface area contributed by atoms with Crippen molar-refractivity contribution in [1.29, 1.82) is 0 Å². The number of aliphatic hydroxyl groups excluding tert-OH is 1. The lowest BCUT2D eigenvalue weighted by Crippen LogP contribution is -2.02. The molecule has 0 aliphatic heterocycles. The van der Waals surface area contributed by atoms with Gasteiger partial charge in [0, 0.05) is 17.3 Å². The maximum atomic E-state index is 14.7. The summed E-state index contributed by atoms with van der Waals surface area (Å²) in [6, 6.07) is 3.55. The topological polar surface area (TPSA) is 43.0 Å². The molecule has 4 nitrogen and oxygen atoms in total. The first-order valence-electron chi connectivity index (χ1n) is 7.74.